The standard InChI is InChI=1S/C16H22N2O/c1-2-18-12-13(11-17-8-4-3-5-9-17)15-7-6-14(19)10-16(15)18/h6-7,10,12,19H,2-5,8-9,11H2,1H3. The molecule has 1 fully saturated rings. The first-order valence-electron chi connectivity index (χ1n) is 7.31. The number of benzene rings is 1. The minimum atomic E-state index is 0.352. The number of phenolic OH excluding ortho intramolecular Hbond substituents is 1. The number of aromatic nitrogens is 1. The van der Waals surface area contributed by atoms with E-state index in [1.165, 1.54) is 43.3 Å². The Balaban J connectivity index is 1.94. The largest absolute Gasteiger partial charge is 0.508 e. The summed E-state index contributed by atoms with van der Waals surface area (Å²) in [5.74, 6) is 0.352. The Hall–Kier alpha value is -1.48. The minimum absolute atomic E-state index is 0.352. The molecular weight excluding hydrogens is 236 g/mol. The molecule has 0 amide bonds. The maximum Gasteiger partial charge on any atom is 0.117 e. The van der Waals surface area contributed by atoms with E-state index in [4.69, 9.17) is 0 Å². The van der Waals surface area contributed by atoms with E-state index in [1.807, 2.05) is 6.07 Å². The Morgan fingerprint density at radius 1 is 1.16 bits per heavy atom. The van der Waals surface area contributed by atoms with Gasteiger partial charge < -0.3 is 9.67 Å². The Morgan fingerprint density at radius 3 is 2.68 bits per heavy atom. The fourth-order valence-corrected chi connectivity index (χ4v) is 3.10. The highest BCUT2D eigenvalue weighted by Crippen LogP contribution is 2.27. The summed E-state index contributed by atoms with van der Waals surface area (Å²) >= 11 is 0. The van der Waals surface area contributed by atoms with Crippen molar-refractivity contribution in [3.05, 3.63) is 30.0 Å². The second kappa shape index (κ2) is 5.25. The van der Waals surface area contributed by atoms with Gasteiger partial charge in [0.25, 0.3) is 0 Å². The number of phenols is 1. The lowest BCUT2D eigenvalue weighted by Crippen LogP contribution is -2.28. The van der Waals surface area contributed by atoms with E-state index < -0.39 is 0 Å². The van der Waals surface area contributed by atoms with Crippen molar-refractivity contribution in [2.45, 2.75) is 39.3 Å². The molecule has 0 bridgehead atoms. The Labute approximate surface area is 114 Å². The third-order valence-corrected chi connectivity index (χ3v) is 4.13. The van der Waals surface area contributed by atoms with Gasteiger partial charge in [0, 0.05) is 30.7 Å². The van der Waals surface area contributed by atoms with E-state index in [1.54, 1.807) is 6.07 Å². The van der Waals surface area contributed by atoms with Gasteiger partial charge in [0.05, 0.1) is 5.52 Å². The number of aryl methyl sites for hydroxylation is 1. The van der Waals surface area contributed by atoms with Crippen LogP contribution in [-0.2, 0) is 13.1 Å². The number of fused-ring (bicyclic) bond motifs is 1. The third-order valence-electron chi connectivity index (χ3n) is 4.13. The smallest absolute Gasteiger partial charge is 0.117 e. The molecule has 0 aliphatic carbocycles. The summed E-state index contributed by atoms with van der Waals surface area (Å²) < 4.78 is 2.23. The first-order valence-corrected chi connectivity index (χ1v) is 7.31. The van der Waals surface area contributed by atoms with Gasteiger partial charge in [-0.15, -0.1) is 0 Å². The first kappa shape index (κ1) is 12.5. The van der Waals surface area contributed by atoms with Gasteiger partial charge in [0.1, 0.15) is 5.75 Å². The summed E-state index contributed by atoms with van der Waals surface area (Å²) in [6.45, 7) is 6.57. The molecule has 0 atom stereocenters. The molecule has 0 radical (unpaired) electrons. The highest BCUT2D eigenvalue weighted by molar-refractivity contribution is 5.85. The molecule has 0 saturated carbocycles. The number of aromatic hydroxyl groups is 1. The normalized spacial score (nSPS) is 17.1. The highest BCUT2D eigenvalue weighted by Gasteiger charge is 2.14. The van der Waals surface area contributed by atoms with Gasteiger partial charge in [-0.25, -0.2) is 0 Å². The van der Waals surface area contributed by atoms with Crippen molar-refractivity contribution >= 4 is 10.9 Å². The summed E-state index contributed by atoms with van der Waals surface area (Å²) in [5, 5.41) is 10.9. The van der Waals surface area contributed by atoms with Crippen molar-refractivity contribution in [1.82, 2.24) is 9.47 Å². The van der Waals surface area contributed by atoms with E-state index in [9.17, 15) is 5.11 Å². The van der Waals surface area contributed by atoms with Crippen LogP contribution in [0.2, 0.25) is 0 Å². The zero-order valence-electron chi connectivity index (χ0n) is 11.6. The van der Waals surface area contributed by atoms with Crippen LogP contribution in [0, 0.1) is 0 Å². The van der Waals surface area contributed by atoms with Gasteiger partial charge in [-0.3, -0.25) is 4.90 Å². The molecule has 0 spiro atoms. The lowest BCUT2D eigenvalue weighted by Gasteiger charge is -2.26. The topological polar surface area (TPSA) is 28.4 Å². The van der Waals surface area contributed by atoms with E-state index in [0.717, 1.165) is 18.6 Å². The van der Waals surface area contributed by atoms with Gasteiger partial charge in [-0.1, -0.05) is 6.42 Å². The Kier molecular flexibility index (Phi) is 3.47. The molecule has 102 valence electrons. The second-order valence-electron chi connectivity index (χ2n) is 5.48. The van der Waals surface area contributed by atoms with Crippen molar-refractivity contribution in [3.8, 4) is 5.75 Å². The fourth-order valence-electron chi connectivity index (χ4n) is 3.10. The van der Waals surface area contributed by atoms with Crippen LogP contribution >= 0.6 is 0 Å². The van der Waals surface area contributed by atoms with Gasteiger partial charge in [-0.05, 0) is 50.6 Å². The predicted molar refractivity (Wildman–Crippen MR) is 78.4 cm³/mol. The Bertz CT molecular complexity index is 567. The lowest BCUT2D eigenvalue weighted by molar-refractivity contribution is 0.221. The quantitative estimate of drug-likeness (QED) is 0.914. The monoisotopic (exact) mass is 258 g/mol. The summed E-state index contributed by atoms with van der Waals surface area (Å²) in [6, 6.07) is 5.72. The molecule has 1 aliphatic heterocycles. The van der Waals surface area contributed by atoms with Crippen molar-refractivity contribution < 1.29 is 5.11 Å². The molecule has 3 nitrogen and oxygen atoms in total. The van der Waals surface area contributed by atoms with Crippen LogP contribution in [0.4, 0.5) is 0 Å². The number of likely N-dealkylation sites (tertiary alicyclic amines) is 1. The number of hydrogen-bond donors (Lipinski definition) is 1. The molecule has 2 heterocycles. The molecule has 3 rings (SSSR count). The summed E-state index contributed by atoms with van der Waals surface area (Å²) in [7, 11) is 0. The molecule has 1 aromatic carbocycles. The summed E-state index contributed by atoms with van der Waals surface area (Å²) in [5.41, 5.74) is 2.54. The van der Waals surface area contributed by atoms with Crippen LogP contribution in [0.5, 0.6) is 5.75 Å². The number of rotatable bonds is 3. The molecule has 1 aliphatic rings. The van der Waals surface area contributed by atoms with Crippen molar-refractivity contribution in [1.29, 1.82) is 0 Å². The highest BCUT2D eigenvalue weighted by atomic mass is 16.3. The predicted octanol–water partition coefficient (Wildman–Crippen LogP) is 3.35. The summed E-state index contributed by atoms with van der Waals surface area (Å²) in [6.07, 6.45) is 6.28. The van der Waals surface area contributed by atoms with Gasteiger partial charge >= 0.3 is 0 Å². The van der Waals surface area contributed by atoms with Crippen molar-refractivity contribution in [2.75, 3.05) is 13.1 Å². The van der Waals surface area contributed by atoms with Crippen LogP contribution in [0.3, 0.4) is 0 Å². The molecule has 0 unspecified atom stereocenters. The van der Waals surface area contributed by atoms with Crippen LogP contribution in [0.1, 0.15) is 31.7 Å². The Morgan fingerprint density at radius 2 is 1.95 bits per heavy atom. The maximum atomic E-state index is 9.66. The van der Waals surface area contributed by atoms with Crippen LogP contribution < -0.4 is 0 Å². The number of nitrogens with zero attached hydrogens (tertiary/aromatic N) is 2. The van der Waals surface area contributed by atoms with Crippen molar-refractivity contribution in [3.63, 3.8) is 0 Å². The fraction of sp³-hybridized carbons (Fsp3) is 0.500. The molecule has 1 saturated heterocycles. The molecule has 1 N–H and O–H groups in total. The van der Waals surface area contributed by atoms with Crippen molar-refractivity contribution in [2.24, 2.45) is 0 Å². The molecule has 3 heteroatoms. The average Bonchev–Trinajstić information content (AvgIpc) is 2.77. The van der Waals surface area contributed by atoms with Crippen LogP contribution in [-0.4, -0.2) is 27.7 Å². The number of piperidine rings is 1. The third kappa shape index (κ3) is 2.47. The lowest BCUT2D eigenvalue weighted by atomic mass is 10.1. The molecule has 1 aromatic heterocycles. The van der Waals surface area contributed by atoms with E-state index in [-0.39, 0.29) is 0 Å². The van der Waals surface area contributed by atoms with Crippen LogP contribution in [0.15, 0.2) is 24.4 Å². The minimum Gasteiger partial charge on any atom is -0.508 e. The SMILES string of the molecule is CCn1cc(CN2CCCCC2)c2ccc(O)cc21. The molecule has 2 aromatic rings. The second-order valence-corrected chi connectivity index (χ2v) is 5.48. The average molecular weight is 258 g/mol. The first-order chi connectivity index (χ1) is 9.28. The van der Waals surface area contributed by atoms with E-state index >= 15 is 0 Å². The van der Waals surface area contributed by atoms with Gasteiger partial charge in [0.15, 0.2) is 0 Å². The molecule has 19 heavy (non-hydrogen) atoms. The zero-order valence-corrected chi connectivity index (χ0v) is 11.6. The van der Waals surface area contributed by atoms with Crippen LogP contribution in [0.25, 0.3) is 10.9 Å². The summed E-state index contributed by atoms with van der Waals surface area (Å²) in [4.78, 5) is 2.55. The molecular formula is C16H22N2O. The van der Waals surface area contributed by atoms with E-state index in [0.29, 0.717) is 5.75 Å². The van der Waals surface area contributed by atoms with Gasteiger partial charge in [0.2, 0.25) is 0 Å². The van der Waals surface area contributed by atoms with Gasteiger partial charge in [-0.2, -0.15) is 0 Å². The number of hydrogen-bond acceptors (Lipinski definition) is 2. The van der Waals surface area contributed by atoms with E-state index in [2.05, 4.69) is 28.7 Å². The zero-order chi connectivity index (χ0) is 13.2. The maximum absolute atomic E-state index is 9.66.